The summed E-state index contributed by atoms with van der Waals surface area (Å²) in [5, 5.41) is 11.6. The molecule has 0 spiro atoms. The molecular weight excluding hydrogens is 190 g/mol. The normalized spacial score (nSPS) is 33.1. The van der Waals surface area contributed by atoms with Gasteiger partial charge in [-0.05, 0) is 24.0 Å². The zero-order chi connectivity index (χ0) is 12.0. The highest BCUT2D eigenvalue weighted by molar-refractivity contribution is 5.67. The lowest BCUT2D eigenvalue weighted by Gasteiger charge is -2.04. The Labute approximate surface area is 91.2 Å². The van der Waals surface area contributed by atoms with Crippen LogP contribution in [-0.2, 0) is 6.42 Å². The SMILES string of the molecule is [2H]C1([2H])Cc2c(cccc2[C@@H]2C[C@H]2/C=N\O)O1. The highest BCUT2D eigenvalue weighted by Gasteiger charge is 2.39. The van der Waals surface area contributed by atoms with E-state index >= 15 is 0 Å². The Morgan fingerprint density at radius 2 is 2.53 bits per heavy atom. The predicted octanol–water partition coefficient (Wildman–Crippen LogP) is 2.19. The molecular formula is C12H13NO2. The summed E-state index contributed by atoms with van der Waals surface area (Å²) in [6.07, 6.45) is 2.82. The molecule has 1 heterocycles. The van der Waals surface area contributed by atoms with Gasteiger partial charge in [0.2, 0.25) is 0 Å². The average molecular weight is 205 g/mol. The van der Waals surface area contributed by atoms with Crippen LogP contribution < -0.4 is 4.74 Å². The second-order valence-electron chi connectivity index (χ2n) is 4.02. The van der Waals surface area contributed by atoms with Gasteiger partial charge in [-0.3, -0.25) is 0 Å². The van der Waals surface area contributed by atoms with Gasteiger partial charge in [0.1, 0.15) is 5.75 Å². The van der Waals surface area contributed by atoms with E-state index in [-0.39, 0.29) is 5.92 Å². The molecule has 0 bridgehead atoms. The maximum absolute atomic E-state index is 8.50. The van der Waals surface area contributed by atoms with Crippen molar-refractivity contribution in [1.29, 1.82) is 0 Å². The van der Waals surface area contributed by atoms with E-state index in [0.29, 0.717) is 18.1 Å². The number of nitrogens with zero attached hydrogens (tertiary/aromatic N) is 1. The molecule has 1 saturated carbocycles. The number of hydrogen-bond acceptors (Lipinski definition) is 3. The van der Waals surface area contributed by atoms with E-state index in [0.717, 1.165) is 17.5 Å². The first-order chi connectivity index (χ1) is 8.11. The second-order valence-corrected chi connectivity index (χ2v) is 4.02. The molecule has 0 saturated heterocycles. The van der Waals surface area contributed by atoms with Gasteiger partial charge in [0, 0.05) is 24.1 Å². The van der Waals surface area contributed by atoms with Crippen molar-refractivity contribution < 1.29 is 12.7 Å². The monoisotopic (exact) mass is 205 g/mol. The highest BCUT2D eigenvalue weighted by atomic mass is 16.5. The van der Waals surface area contributed by atoms with Crippen LogP contribution in [0.25, 0.3) is 0 Å². The van der Waals surface area contributed by atoms with E-state index in [9.17, 15) is 0 Å². The fraction of sp³-hybridized carbons (Fsp3) is 0.417. The summed E-state index contributed by atoms with van der Waals surface area (Å²) < 4.78 is 20.5. The lowest BCUT2D eigenvalue weighted by atomic mass is 10.0. The molecule has 1 aliphatic heterocycles. The molecule has 1 fully saturated rings. The first kappa shape index (κ1) is 6.88. The van der Waals surface area contributed by atoms with Crippen LogP contribution in [-0.4, -0.2) is 18.0 Å². The van der Waals surface area contributed by atoms with Gasteiger partial charge >= 0.3 is 0 Å². The molecule has 1 aliphatic carbocycles. The summed E-state index contributed by atoms with van der Waals surface area (Å²) in [5.41, 5.74) is 2.10. The van der Waals surface area contributed by atoms with Gasteiger partial charge in [-0.1, -0.05) is 12.1 Å². The predicted molar refractivity (Wildman–Crippen MR) is 56.8 cm³/mol. The summed E-state index contributed by atoms with van der Waals surface area (Å²) in [6, 6.07) is 5.71. The zero-order valence-corrected chi connectivity index (χ0v) is 8.18. The van der Waals surface area contributed by atoms with Crippen LogP contribution in [0.4, 0.5) is 0 Å². The summed E-state index contributed by atoms with van der Waals surface area (Å²) in [5.74, 6) is 1.27. The third-order valence-electron chi connectivity index (χ3n) is 3.10. The topological polar surface area (TPSA) is 41.8 Å². The minimum atomic E-state index is -1.59. The fourth-order valence-electron chi connectivity index (χ4n) is 2.22. The molecule has 3 rings (SSSR count). The Bertz CT molecular complexity index is 487. The van der Waals surface area contributed by atoms with Crippen LogP contribution in [0.15, 0.2) is 23.4 Å². The van der Waals surface area contributed by atoms with Crippen LogP contribution in [0, 0.1) is 5.92 Å². The van der Waals surface area contributed by atoms with Crippen molar-refractivity contribution >= 4 is 6.21 Å². The molecule has 0 unspecified atom stereocenters. The zero-order valence-electron chi connectivity index (χ0n) is 10.2. The van der Waals surface area contributed by atoms with E-state index in [1.165, 1.54) is 0 Å². The smallest absolute Gasteiger partial charge is 0.122 e. The number of rotatable bonds is 2. The summed E-state index contributed by atoms with van der Waals surface area (Å²) in [4.78, 5) is 0. The molecule has 78 valence electrons. The van der Waals surface area contributed by atoms with Crippen molar-refractivity contribution in [1.82, 2.24) is 0 Å². The van der Waals surface area contributed by atoms with Crippen LogP contribution >= 0.6 is 0 Å². The van der Waals surface area contributed by atoms with Crippen molar-refractivity contribution in [2.75, 3.05) is 6.56 Å². The summed E-state index contributed by atoms with van der Waals surface area (Å²) in [6.45, 7) is -1.59. The van der Waals surface area contributed by atoms with Gasteiger partial charge in [0.25, 0.3) is 0 Å². The van der Waals surface area contributed by atoms with E-state index in [4.69, 9.17) is 12.7 Å². The number of benzene rings is 1. The highest BCUT2D eigenvalue weighted by Crippen LogP contribution is 2.49. The van der Waals surface area contributed by atoms with Crippen molar-refractivity contribution in [2.24, 2.45) is 11.1 Å². The van der Waals surface area contributed by atoms with Crippen LogP contribution in [0.5, 0.6) is 5.75 Å². The second kappa shape index (κ2) is 3.26. The quantitative estimate of drug-likeness (QED) is 0.457. The molecule has 15 heavy (non-hydrogen) atoms. The minimum Gasteiger partial charge on any atom is -0.493 e. The lowest BCUT2D eigenvalue weighted by Crippen LogP contribution is -1.91. The standard InChI is InChI=1S/C12H13NO2/c14-13-7-8-6-11(8)9-2-1-3-12-10(9)4-5-15-12/h1-3,7-8,11,14H,4-6H2/b13-7-/t8-,11+/m0/s1/i5D2. The molecule has 1 N–H and O–H groups in total. The third kappa shape index (κ3) is 1.39. The van der Waals surface area contributed by atoms with Gasteiger partial charge in [0.05, 0.1) is 9.30 Å². The van der Waals surface area contributed by atoms with Crippen LogP contribution in [0.2, 0.25) is 0 Å². The van der Waals surface area contributed by atoms with Gasteiger partial charge in [-0.25, -0.2) is 0 Å². The molecule has 1 aromatic carbocycles. The number of oxime groups is 1. The Morgan fingerprint density at radius 1 is 1.60 bits per heavy atom. The Balaban J connectivity index is 1.92. The van der Waals surface area contributed by atoms with Gasteiger partial charge in [-0.2, -0.15) is 0 Å². The Hall–Kier alpha value is -1.51. The first-order valence-corrected chi connectivity index (χ1v) is 5.09. The molecule has 0 aromatic heterocycles. The molecule has 2 aliphatic rings. The molecule has 3 nitrogen and oxygen atoms in total. The maximum atomic E-state index is 8.50. The third-order valence-corrected chi connectivity index (χ3v) is 3.10. The van der Waals surface area contributed by atoms with Gasteiger partial charge < -0.3 is 9.94 Å². The van der Waals surface area contributed by atoms with Crippen molar-refractivity contribution in [2.45, 2.75) is 18.8 Å². The van der Waals surface area contributed by atoms with Gasteiger partial charge in [-0.15, -0.1) is 5.16 Å². The van der Waals surface area contributed by atoms with Crippen molar-refractivity contribution in [3.8, 4) is 5.75 Å². The van der Waals surface area contributed by atoms with Gasteiger partial charge in [0.15, 0.2) is 0 Å². The van der Waals surface area contributed by atoms with Crippen LogP contribution in [0.3, 0.4) is 0 Å². The average Bonchev–Trinajstić information content (AvgIpc) is 2.92. The summed E-state index contributed by atoms with van der Waals surface area (Å²) in [7, 11) is 0. The molecule has 2 atom stereocenters. The molecule has 0 radical (unpaired) electrons. The van der Waals surface area contributed by atoms with E-state index in [1.807, 2.05) is 12.1 Å². The first-order valence-electron chi connectivity index (χ1n) is 6.09. The van der Waals surface area contributed by atoms with Crippen LogP contribution in [0.1, 0.15) is 26.2 Å². The number of hydrogen-bond donors (Lipinski definition) is 1. The van der Waals surface area contributed by atoms with E-state index < -0.39 is 6.56 Å². The van der Waals surface area contributed by atoms with E-state index in [2.05, 4.69) is 5.16 Å². The fourth-order valence-corrected chi connectivity index (χ4v) is 2.22. The number of ether oxygens (including phenoxy) is 1. The van der Waals surface area contributed by atoms with E-state index in [1.54, 1.807) is 12.3 Å². The molecule has 3 heteroatoms. The summed E-state index contributed by atoms with van der Waals surface area (Å²) >= 11 is 0. The minimum absolute atomic E-state index is 0.276. The number of fused-ring (bicyclic) bond motifs is 1. The maximum Gasteiger partial charge on any atom is 0.122 e. The molecule has 0 amide bonds. The Morgan fingerprint density at radius 3 is 3.40 bits per heavy atom. The largest absolute Gasteiger partial charge is 0.493 e. The van der Waals surface area contributed by atoms with Crippen molar-refractivity contribution in [3.63, 3.8) is 0 Å². The molecule has 1 aromatic rings. The Kier molecular flexibility index (Phi) is 1.50. The lowest BCUT2D eigenvalue weighted by molar-refractivity contribution is 0.320. The van der Waals surface area contributed by atoms with Crippen molar-refractivity contribution in [3.05, 3.63) is 29.3 Å².